The van der Waals surface area contributed by atoms with Crippen LogP contribution in [0.1, 0.15) is 48.8 Å². The van der Waals surface area contributed by atoms with Crippen LogP contribution in [0.2, 0.25) is 0 Å². The van der Waals surface area contributed by atoms with Gasteiger partial charge in [-0.25, -0.2) is 9.37 Å². The van der Waals surface area contributed by atoms with Crippen molar-refractivity contribution in [1.82, 2.24) is 19.7 Å². The van der Waals surface area contributed by atoms with Crippen LogP contribution in [-0.4, -0.2) is 31.4 Å². The van der Waals surface area contributed by atoms with E-state index < -0.39 is 0 Å². The number of hydrogen-bond donors (Lipinski definition) is 1. The van der Waals surface area contributed by atoms with E-state index in [4.69, 9.17) is 0 Å². The highest BCUT2D eigenvalue weighted by molar-refractivity contribution is 7.99. The number of benzene rings is 1. The number of halogens is 1. The van der Waals surface area contributed by atoms with Gasteiger partial charge in [-0.05, 0) is 42.5 Å². The second-order valence-corrected chi connectivity index (χ2v) is 10.8. The van der Waals surface area contributed by atoms with E-state index in [0.717, 1.165) is 30.2 Å². The standard InChI is InChI=1S/C22H22FN5OS3/c23-14-8-9-17-18(11-14)32-21(24-17)25-20(29)13-31-22-27-26-19(12-16-7-4-10-30-16)28(22)15-5-2-1-3-6-15/h4,7-11,15H,1-3,5-6,12-13H2,(H,24,25,29). The first-order valence-electron chi connectivity index (χ1n) is 10.6. The average molecular weight is 488 g/mol. The molecule has 32 heavy (non-hydrogen) atoms. The lowest BCUT2D eigenvalue weighted by Crippen LogP contribution is -2.18. The Morgan fingerprint density at radius 2 is 2.09 bits per heavy atom. The van der Waals surface area contributed by atoms with E-state index in [9.17, 15) is 9.18 Å². The summed E-state index contributed by atoms with van der Waals surface area (Å²) in [7, 11) is 0. The van der Waals surface area contributed by atoms with E-state index in [-0.39, 0.29) is 17.5 Å². The third-order valence-corrected chi connectivity index (χ3v) is 8.27. The van der Waals surface area contributed by atoms with Gasteiger partial charge >= 0.3 is 0 Å². The van der Waals surface area contributed by atoms with Crippen LogP contribution in [-0.2, 0) is 11.2 Å². The molecule has 166 valence electrons. The molecule has 3 heterocycles. The molecule has 1 N–H and O–H groups in total. The summed E-state index contributed by atoms with van der Waals surface area (Å²) in [6.07, 6.45) is 6.70. The Morgan fingerprint density at radius 1 is 1.22 bits per heavy atom. The van der Waals surface area contributed by atoms with E-state index in [1.54, 1.807) is 17.4 Å². The first kappa shape index (κ1) is 21.5. The van der Waals surface area contributed by atoms with Gasteiger partial charge in [-0.1, -0.05) is 48.4 Å². The predicted octanol–water partition coefficient (Wildman–Crippen LogP) is 5.92. The molecular formula is C22H22FN5OS3. The highest BCUT2D eigenvalue weighted by Gasteiger charge is 2.24. The molecule has 1 fully saturated rings. The summed E-state index contributed by atoms with van der Waals surface area (Å²) >= 11 is 4.40. The summed E-state index contributed by atoms with van der Waals surface area (Å²) in [4.78, 5) is 18.2. The van der Waals surface area contributed by atoms with Crippen LogP contribution in [0.15, 0.2) is 40.9 Å². The minimum absolute atomic E-state index is 0.160. The fraction of sp³-hybridized carbons (Fsp3) is 0.364. The van der Waals surface area contributed by atoms with Crippen molar-refractivity contribution in [1.29, 1.82) is 0 Å². The predicted molar refractivity (Wildman–Crippen MR) is 128 cm³/mol. The zero-order valence-corrected chi connectivity index (χ0v) is 19.7. The van der Waals surface area contributed by atoms with Gasteiger partial charge in [0, 0.05) is 17.3 Å². The Kier molecular flexibility index (Phi) is 6.52. The van der Waals surface area contributed by atoms with Gasteiger partial charge in [0.15, 0.2) is 10.3 Å². The smallest absolute Gasteiger partial charge is 0.236 e. The van der Waals surface area contributed by atoms with Crippen LogP contribution in [0.5, 0.6) is 0 Å². The van der Waals surface area contributed by atoms with Gasteiger partial charge < -0.3 is 9.88 Å². The quantitative estimate of drug-likeness (QED) is 0.328. The monoisotopic (exact) mass is 487 g/mol. The van der Waals surface area contributed by atoms with Crippen molar-refractivity contribution < 1.29 is 9.18 Å². The molecule has 1 aromatic carbocycles. The summed E-state index contributed by atoms with van der Waals surface area (Å²) in [5.74, 6) is 0.715. The Morgan fingerprint density at radius 3 is 2.91 bits per heavy atom. The van der Waals surface area contributed by atoms with E-state index in [1.807, 2.05) is 0 Å². The molecule has 0 radical (unpaired) electrons. The number of nitrogens with zero attached hydrogens (tertiary/aromatic N) is 4. The lowest BCUT2D eigenvalue weighted by atomic mass is 9.95. The van der Waals surface area contributed by atoms with Crippen LogP contribution in [0.4, 0.5) is 9.52 Å². The molecule has 1 saturated carbocycles. The molecule has 4 aromatic rings. The van der Waals surface area contributed by atoms with Crippen molar-refractivity contribution in [3.8, 4) is 0 Å². The first-order chi connectivity index (χ1) is 15.7. The molecule has 1 aliphatic rings. The zero-order valence-electron chi connectivity index (χ0n) is 17.3. The minimum Gasteiger partial charge on any atom is -0.303 e. The molecule has 6 nitrogen and oxygen atoms in total. The molecule has 0 unspecified atom stereocenters. The molecule has 0 atom stereocenters. The normalized spacial score (nSPS) is 14.8. The van der Waals surface area contributed by atoms with Crippen molar-refractivity contribution in [2.24, 2.45) is 0 Å². The Balaban J connectivity index is 1.29. The van der Waals surface area contributed by atoms with Crippen LogP contribution in [0.25, 0.3) is 10.2 Å². The maximum Gasteiger partial charge on any atom is 0.236 e. The van der Waals surface area contributed by atoms with Crippen LogP contribution >= 0.6 is 34.4 Å². The molecule has 0 aliphatic heterocycles. The molecule has 0 bridgehead atoms. The molecule has 3 aromatic heterocycles. The first-order valence-corrected chi connectivity index (χ1v) is 13.3. The number of carbonyl (C=O) groups is 1. The molecule has 5 rings (SSSR count). The fourth-order valence-corrected chi connectivity index (χ4v) is 6.47. The largest absolute Gasteiger partial charge is 0.303 e. The number of aromatic nitrogens is 4. The van der Waals surface area contributed by atoms with Crippen LogP contribution in [0.3, 0.4) is 0 Å². The van der Waals surface area contributed by atoms with Crippen molar-refractivity contribution in [2.45, 2.75) is 49.7 Å². The third-order valence-electron chi connectivity index (χ3n) is 5.52. The molecule has 1 aliphatic carbocycles. The van der Waals surface area contributed by atoms with Crippen molar-refractivity contribution >= 4 is 55.7 Å². The lowest BCUT2D eigenvalue weighted by Gasteiger charge is -2.25. The van der Waals surface area contributed by atoms with Gasteiger partial charge in [0.05, 0.1) is 16.0 Å². The van der Waals surface area contributed by atoms with Crippen molar-refractivity contribution in [3.63, 3.8) is 0 Å². The second kappa shape index (κ2) is 9.68. The number of nitrogens with one attached hydrogen (secondary N) is 1. The third kappa shape index (κ3) is 4.87. The molecular weight excluding hydrogens is 465 g/mol. The number of thiazole rings is 1. The van der Waals surface area contributed by atoms with Crippen LogP contribution < -0.4 is 5.32 Å². The summed E-state index contributed by atoms with van der Waals surface area (Å²) in [6.45, 7) is 0. The zero-order chi connectivity index (χ0) is 21.9. The number of amides is 1. The summed E-state index contributed by atoms with van der Waals surface area (Å²) in [6, 6.07) is 8.98. The highest BCUT2D eigenvalue weighted by atomic mass is 32.2. The number of hydrogen-bond acceptors (Lipinski definition) is 7. The average Bonchev–Trinajstić information content (AvgIpc) is 3.53. The number of carbonyl (C=O) groups excluding carboxylic acids is 1. The number of thiophene rings is 1. The molecule has 0 spiro atoms. The maximum atomic E-state index is 13.4. The SMILES string of the molecule is O=C(CSc1nnc(Cc2cccs2)n1C1CCCCC1)Nc1nc2ccc(F)cc2s1. The summed E-state index contributed by atoms with van der Waals surface area (Å²) in [5, 5.41) is 15.1. The number of anilines is 1. The minimum atomic E-state index is -0.310. The number of thioether (sulfide) groups is 1. The summed E-state index contributed by atoms with van der Waals surface area (Å²) < 4.78 is 16.4. The summed E-state index contributed by atoms with van der Waals surface area (Å²) in [5.41, 5.74) is 0.676. The number of rotatable bonds is 7. The fourth-order valence-electron chi connectivity index (χ4n) is 4.04. The van der Waals surface area contributed by atoms with Gasteiger partial charge in [0.1, 0.15) is 11.6 Å². The van der Waals surface area contributed by atoms with Gasteiger partial charge in [-0.2, -0.15) is 0 Å². The van der Waals surface area contributed by atoms with Crippen molar-refractivity contribution in [3.05, 3.63) is 52.2 Å². The maximum absolute atomic E-state index is 13.4. The van der Waals surface area contributed by atoms with Crippen molar-refractivity contribution in [2.75, 3.05) is 11.1 Å². The second-order valence-electron chi connectivity index (χ2n) is 7.78. The van der Waals surface area contributed by atoms with Gasteiger partial charge in [-0.15, -0.1) is 21.5 Å². The Hall–Kier alpha value is -2.30. The van der Waals surface area contributed by atoms with E-state index in [1.165, 1.54) is 59.4 Å². The van der Waals surface area contributed by atoms with Gasteiger partial charge in [0.25, 0.3) is 0 Å². The van der Waals surface area contributed by atoms with E-state index in [2.05, 4.69) is 42.6 Å². The molecule has 1 amide bonds. The van der Waals surface area contributed by atoms with Gasteiger partial charge in [0.2, 0.25) is 5.91 Å². The Bertz CT molecular complexity index is 1210. The topological polar surface area (TPSA) is 72.7 Å². The lowest BCUT2D eigenvalue weighted by molar-refractivity contribution is -0.113. The molecule has 10 heteroatoms. The van der Waals surface area contributed by atoms with E-state index in [0.29, 0.717) is 21.4 Å². The molecule has 0 saturated heterocycles. The Labute approximate surface area is 197 Å². The van der Waals surface area contributed by atoms with Gasteiger partial charge in [-0.3, -0.25) is 4.79 Å². The highest BCUT2D eigenvalue weighted by Crippen LogP contribution is 2.34. The number of fused-ring (bicyclic) bond motifs is 1. The van der Waals surface area contributed by atoms with E-state index >= 15 is 0 Å². The van der Waals surface area contributed by atoms with Crippen LogP contribution in [0, 0.1) is 5.82 Å².